The summed E-state index contributed by atoms with van der Waals surface area (Å²) in [6, 6.07) is -0.655. The molecule has 0 aliphatic heterocycles. The van der Waals surface area contributed by atoms with Crippen molar-refractivity contribution in [3.8, 4) is 0 Å². The van der Waals surface area contributed by atoms with Crippen LogP contribution in [0.5, 0.6) is 0 Å². The van der Waals surface area contributed by atoms with Gasteiger partial charge in [0.25, 0.3) is 0 Å². The highest BCUT2D eigenvalue weighted by atomic mass is 16.3. The van der Waals surface area contributed by atoms with E-state index >= 15 is 0 Å². The topological polar surface area (TPSA) is 69.6 Å². The molecule has 2 unspecified atom stereocenters. The molecule has 0 aliphatic rings. The van der Waals surface area contributed by atoms with Crippen LogP contribution in [0.4, 0.5) is 0 Å². The molecule has 0 saturated carbocycles. The smallest absolute Gasteiger partial charge is 0.220 e. The van der Waals surface area contributed by atoms with Crippen molar-refractivity contribution in [3.05, 3.63) is 122 Å². The number of carbonyl (C=O) groups excluding carboxylic acids is 1. The Bertz CT molecular complexity index is 1390. The first-order valence-corrected chi connectivity index (χ1v) is 30.2. The monoisotopic (exact) mass is 982 g/mol. The van der Waals surface area contributed by atoms with Crippen molar-refractivity contribution >= 4 is 5.91 Å². The van der Waals surface area contributed by atoms with Crippen molar-refractivity contribution in [1.29, 1.82) is 0 Å². The lowest BCUT2D eigenvalue weighted by Gasteiger charge is -2.19. The standard InChI is InChI=1S/C67H115NO3/c1-3-5-7-9-11-13-15-17-19-21-23-25-27-29-30-31-32-33-34-35-36-37-38-39-41-43-45-47-49-51-53-55-57-59-61-63-67(71)68-65(64-69)66(70)62-60-58-56-54-52-50-48-46-44-42-40-28-26-24-22-20-18-16-14-12-10-8-6-4-2/h5,7,11,13,17,19,23,25,29-30,32-33,35-36,44,46,52,54,60,62,65-66,69-70H,3-4,6,8-10,12,14-16,18,20-22,24,26-28,31,34,37-43,45,47-51,53,55-59,61,63-64H2,1-2H3,(H,68,71)/b7-5-,13-11-,19-17-,25-23-,30-29-,33-32-,36-35-,46-44+,54-52+,62-60+. The largest absolute Gasteiger partial charge is 0.394 e. The molecule has 0 heterocycles. The molecule has 0 spiro atoms. The molecule has 406 valence electrons. The van der Waals surface area contributed by atoms with Gasteiger partial charge in [-0.15, -0.1) is 0 Å². The van der Waals surface area contributed by atoms with E-state index in [1.54, 1.807) is 6.08 Å². The van der Waals surface area contributed by atoms with Gasteiger partial charge in [-0.25, -0.2) is 0 Å². The fraction of sp³-hybridized carbons (Fsp3) is 0.687. The van der Waals surface area contributed by atoms with Gasteiger partial charge >= 0.3 is 0 Å². The lowest BCUT2D eigenvalue weighted by Crippen LogP contribution is -2.45. The molecule has 0 saturated heterocycles. The summed E-state index contributed by atoms with van der Waals surface area (Å²) in [6.45, 7) is 4.19. The first-order chi connectivity index (χ1) is 35.2. The number of nitrogens with one attached hydrogen (secondary N) is 1. The van der Waals surface area contributed by atoms with Crippen molar-refractivity contribution in [2.45, 2.75) is 289 Å². The maximum Gasteiger partial charge on any atom is 0.220 e. The van der Waals surface area contributed by atoms with E-state index in [1.807, 2.05) is 6.08 Å². The highest BCUT2D eigenvalue weighted by molar-refractivity contribution is 5.76. The number of amides is 1. The number of allylic oxidation sites excluding steroid dienone is 19. The Kier molecular flexibility index (Phi) is 58.3. The Morgan fingerprint density at radius 1 is 0.352 bits per heavy atom. The highest BCUT2D eigenvalue weighted by Gasteiger charge is 2.18. The predicted octanol–water partition coefficient (Wildman–Crippen LogP) is 20.4. The van der Waals surface area contributed by atoms with Crippen LogP contribution in [-0.2, 0) is 4.79 Å². The van der Waals surface area contributed by atoms with Gasteiger partial charge in [0.05, 0.1) is 18.8 Å². The number of hydrogen-bond donors (Lipinski definition) is 3. The second-order valence-corrected chi connectivity index (χ2v) is 20.0. The number of rotatable bonds is 54. The Hall–Kier alpha value is -3.21. The second kappa shape index (κ2) is 61.1. The van der Waals surface area contributed by atoms with Gasteiger partial charge < -0.3 is 15.5 Å². The molecule has 0 aromatic carbocycles. The Morgan fingerprint density at radius 3 is 0.986 bits per heavy atom. The van der Waals surface area contributed by atoms with Crippen molar-refractivity contribution in [2.24, 2.45) is 0 Å². The van der Waals surface area contributed by atoms with Crippen LogP contribution >= 0.6 is 0 Å². The van der Waals surface area contributed by atoms with Crippen molar-refractivity contribution in [1.82, 2.24) is 5.32 Å². The minimum absolute atomic E-state index is 0.0821. The molecule has 0 aromatic rings. The van der Waals surface area contributed by atoms with Crippen molar-refractivity contribution < 1.29 is 15.0 Å². The van der Waals surface area contributed by atoms with Crippen LogP contribution in [0, 0.1) is 0 Å². The Labute approximate surface area is 441 Å². The molecule has 0 rings (SSSR count). The van der Waals surface area contributed by atoms with Gasteiger partial charge in [0, 0.05) is 6.42 Å². The summed E-state index contributed by atoms with van der Waals surface area (Å²) in [4.78, 5) is 12.5. The first-order valence-electron chi connectivity index (χ1n) is 30.2. The summed E-state index contributed by atoms with van der Waals surface area (Å²) in [5, 5.41) is 23.2. The van der Waals surface area contributed by atoms with Crippen LogP contribution in [-0.4, -0.2) is 34.9 Å². The number of hydrogen-bond acceptors (Lipinski definition) is 3. The average Bonchev–Trinajstić information content (AvgIpc) is 3.37. The number of carbonyl (C=O) groups is 1. The van der Waals surface area contributed by atoms with E-state index in [9.17, 15) is 15.0 Å². The van der Waals surface area contributed by atoms with Gasteiger partial charge in [0.1, 0.15) is 0 Å². The molecule has 0 bridgehead atoms. The van der Waals surface area contributed by atoms with Gasteiger partial charge in [-0.2, -0.15) is 0 Å². The Morgan fingerprint density at radius 2 is 0.634 bits per heavy atom. The zero-order valence-corrected chi connectivity index (χ0v) is 46.7. The van der Waals surface area contributed by atoms with Crippen LogP contribution in [0.25, 0.3) is 0 Å². The van der Waals surface area contributed by atoms with E-state index in [4.69, 9.17) is 0 Å². The quantitative estimate of drug-likeness (QED) is 0.0420. The molecule has 3 N–H and O–H groups in total. The summed E-state index contributed by atoms with van der Waals surface area (Å²) >= 11 is 0. The van der Waals surface area contributed by atoms with Crippen LogP contribution in [0.3, 0.4) is 0 Å². The normalized spacial score (nSPS) is 13.7. The number of aliphatic hydroxyl groups excluding tert-OH is 2. The zero-order chi connectivity index (χ0) is 51.3. The molecule has 4 heteroatoms. The first kappa shape index (κ1) is 67.8. The lowest BCUT2D eigenvalue weighted by atomic mass is 10.0. The van der Waals surface area contributed by atoms with Gasteiger partial charge in [0.2, 0.25) is 5.91 Å². The summed E-state index contributed by atoms with van der Waals surface area (Å²) < 4.78 is 0. The molecule has 1 amide bonds. The average molecular weight is 983 g/mol. The van der Waals surface area contributed by atoms with Crippen molar-refractivity contribution in [2.75, 3.05) is 6.61 Å². The third kappa shape index (κ3) is 57.6. The van der Waals surface area contributed by atoms with Gasteiger partial charge in [-0.1, -0.05) is 289 Å². The van der Waals surface area contributed by atoms with Crippen LogP contribution in [0.2, 0.25) is 0 Å². The molecular weight excluding hydrogens is 867 g/mol. The second-order valence-electron chi connectivity index (χ2n) is 20.0. The van der Waals surface area contributed by atoms with E-state index in [2.05, 4.69) is 129 Å². The van der Waals surface area contributed by atoms with Crippen LogP contribution in [0.15, 0.2) is 122 Å². The van der Waals surface area contributed by atoms with Crippen LogP contribution < -0.4 is 5.32 Å². The van der Waals surface area contributed by atoms with E-state index in [1.165, 1.54) is 173 Å². The fourth-order valence-electron chi connectivity index (χ4n) is 8.60. The maximum absolute atomic E-state index is 12.5. The third-order valence-electron chi connectivity index (χ3n) is 13.2. The van der Waals surface area contributed by atoms with E-state index < -0.39 is 12.1 Å². The molecule has 0 aromatic heterocycles. The van der Waals surface area contributed by atoms with Gasteiger partial charge in [-0.05, 0) is 103 Å². The SMILES string of the molecule is CC/C=C\C/C=C\C/C=C\C/C=C\C/C=C\C/C=C\C/C=C\CCCCCCCCCCCCCCCC(=O)NC(CO)C(O)/C=C/CC/C=C/CC/C=C/CCCCCCCCCCCCCCCC. The molecule has 0 radical (unpaired) electrons. The summed E-state index contributed by atoms with van der Waals surface area (Å²) in [5.41, 5.74) is 0. The fourth-order valence-corrected chi connectivity index (χ4v) is 8.60. The summed E-state index contributed by atoms with van der Waals surface area (Å²) in [6.07, 6.45) is 93.7. The van der Waals surface area contributed by atoms with E-state index in [0.717, 1.165) is 83.5 Å². The summed E-state index contributed by atoms with van der Waals surface area (Å²) in [5.74, 6) is -0.0821. The lowest BCUT2D eigenvalue weighted by molar-refractivity contribution is -0.123. The molecule has 0 aliphatic carbocycles. The number of unbranched alkanes of at least 4 members (excludes halogenated alkanes) is 29. The highest BCUT2D eigenvalue weighted by Crippen LogP contribution is 2.16. The molecule has 4 nitrogen and oxygen atoms in total. The third-order valence-corrected chi connectivity index (χ3v) is 13.2. The summed E-state index contributed by atoms with van der Waals surface area (Å²) in [7, 11) is 0. The van der Waals surface area contributed by atoms with Crippen LogP contribution in [0.1, 0.15) is 277 Å². The molecular formula is C67H115NO3. The maximum atomic E-state index is 12.5. The predicted molar refractivity (Wildman–Crippen MR) is 317 cm³/mol. The van der Waals surface area contributed by atoms with E-state index in [0.29, 0.717) is 6.42 Å². The minimum Gasteiger partial charge on any atom is -0.394 e. The zero-order valence-electron chi connectivity index (χ0n) is 46.7. The number of aliphatic hydroxyl groups is 2. The van der Waals surface area contributed by atoms with Crippen molar-refractivity contribution in [3.63, 3.8) is 0 Å². The molecule has 71 heavy (non-hydrogen) atoms. The Balaban J connectivity index is 3.59. The molecule has 2 atom stereocenters. The minimum atomic E-state index is -0.879. The molecule has 0 fully saturated rings. The van der Waals surface area contributed by atoms with Gasteiger partial charge in [0.15, 0.2) is 0 Å². The van der Waals surface area contributed by atoms with Gasteiger partial charge in [-0.3, -0.25) is 4.79 Å². The van der Waals surface area contributed by atoms with E-state index in [-0.39, 0.29) is 12.5 Å².